The van der Waals surface area contributed by atoms with Crippen molar-refractivity contribution in [2.24, 2.45) is 22.7 Å². The largest absolute Gasteiger partial charge is 0.458 e. The van der Waals surface area contributed by atoms with Crippen LogP contribution in [-0.2, 0) is 38.0 Å². The minimum Gasteiger partial charge on any atom is -0.458 e. The fourth-order valence-electron chi connectivity index (χ4n) is 10.2. The van der Waals surface area contributed by atoms with E-state index >= 15 is 0 Å². The summed E-state index contributed by atoms with van der Waals surface area (Å²) in [6.45, 7) is 5.69. The van der Waals surface area contributed by atoms with Crippen molar-refractivity contribution in [2.45, 2.75) is 113 Å². The number of epoxide rings is 1. The number of aliphatic hydroxyl groups excluding tert-OH is 1. The number of aliphatic hydroxyl groups is 3. The number of ketones is 1. The number of carbonyl (C=O) groups excluding carboxylic acids is 2. The Labute approximate surface area is 237 Å². The number of methoxy groups -OCH3 is 1. The van der Waals surface area contributed by atoms with E-state index in [4.69, 9.17) is 28.4 Å². The van der Waals surface area contributed by atoms with Gasteiger partial charge in [0.15, 0.2) is 5.78 Å². The predicted octanol–water partition coefficient (Wildman–Crippen LogP) is 0.677. The fraction of sp³-hybridized carbons (Fsp3) is 0.800. The molecule has 3 unspecified atom stereocenters. The number of Topliss-reactive ketones (excluding diaryl/α,β-unsaturated/α-hetero) is 1. The normalized spacial score (nSPS) is 58.6. The van der Waals surface area contributed by atoms with Crippen LogP contribution in [0.3, 0.4) is 0 Å². The molecule has 1 spiro atoms. The first-order chi connectivity index (χ1) is 19.3. The summed E-state index contributed by atoms with van der Waals surface area (Å²) in [5, 5.41) is 36.1. The SMILES string of the molecule is CO[C@@H]1C[C@@H](C)O[C@H]2O[C@@H]3C=C4C[C@@H]5O[C@]56C(C(O)C(=O)[C@]5(C)[C@@H](C7=CC(=O)OC7)CC[C@]65O)[C@@]4(C)CC3O[C@]21O. The van der Waals surface area contributed by atoms with Gasteiger partial charge in [-0.05, 0) is 56.4 Å². The summed E-state index contributed by atoms with van der Waals surface area (Å²) < 4.78 is 35.8. The second kappa shape index (κ2) is 8.06. The maximum atomic E-state index is 14.3. The van der Waals surface area contributed by atoms with Gasteiger partial charge in [-0.25, -0.2) is 4.79 Å². The van der Waals surface area contributed by atoms with Gasteiger partial charge in [0.1, 0.15) is 36.1 Å². The number of carbonyl (C=O) groups is 2. The summed E-state index contributed by atoms with van der Waals surface area (Å²) in [5.74, 6) is -3.89. The molecule has 4 aliphatic carbocycles. The minimum absolute atomic E-state index is 0.0825. The van der Waals surface area contributed by atoms with Crippen LogP contribution >= 0.6 is 0 Å². The molecule has 224 valence electrons. The Kier molecular flexibility index (Phi) is 5.29. The van der Waals surface area contributed by atoms with Crippen LogP contribution in [0.2, 0.25) is 0 Å². The summed E-state index contributed by atoms with van der Waals surface area (Å²) in [6, 6.07) is 0. The highest BCUT2D eigenvalue weighted by molar-refractivity contribution is 5.94. The summed E-state index contributed by atoms with van der Waals surface area (Å²) in [5.41, 5.74) is -3.16. The Morgan fingerprint density at radius 3 is 2.61 bits per heavy atom. The van der Waals surface area contributed by atoms with Gasteiger partial charge in [-0.3, -0.25) is 4.79 Å². The third-order valence-corrected chi connectivity index (χ3v) is 12.2. The van der Waals surface area contributed by atoms with Crippen molar-refractivity contribution < 1.29 is 53.3 Å². The maximum absolute atomic E-state index is 14.3. The molecule has 0 amide bonds. The number of esters is 1. The van der Waals surface area contributed by atoms with Crippen molar-refractivity contribution in [3.63, 3.8) is 0 Å². The van der Waals surface area contributed by atoms with Crippen molar-refractivity contribution in [3.05, 3.63) is 23.3 Å². The third-order valence-electron chi connectivity index (χ3n) is 12.2. The Bertz CT molecular complexity index is 1290. The molecule has 3 saturated heterocycles. The molecule has 0 aromatic heterocycles. The maximum Gasteiger partial charge on any atom is 0.331 e. The number of cyclic esters (lactones) is 1. The first-order valence-corrected chi connectivity index (χ1v) is 14.8. The fourth-order valence-corrected chi connectivity index (χ4v) is 10.2. The van der Waals surface area contributed by atoms with Gasteiger partial charge in [0.05, 0.1) is 23.7 Å². The standard InChI is InChI=1S/C30H38O11/c1-13-7-20(36-4)30(35)25(38-13)39-17-9-15-10-19-29(41-19)23(26(15,2)11-18(17)40-30)22(32)24(33)27(3)16(5-6-28(27,29)34)14-8-21(31)37-12-14/h8-9,13,16-20,22-23,25,32,34-35H,5-7,10-12H2,1-4H3/t13-,16-,17-,18?,19+,20-,22?,23?,25+,26+,27+,28-,29+,30+/m1/s1. The van der Waals surface area contributed by atoms with Gasteiger partial charge in [0.2, 0.25) is 12.1 Å². The molecule has 41 heavy (non-hydrogen) atoms. The topological polar surface area (TPSA) is 154 Å². The van der Waals surface area contributed by atoms with Crippen molar-refractivity contribution in [2.75, 3.05) is 13.7 Å². The zero-order valence-corrected chi connectivity index (χ0v) is 23.7. The van der Waals surface area contributed by atoms with E-state index in [1.54, 1.807) is 6.92 Å². The molecule has 3 saturated carbocycles. The van der Waals surface area contributed by atoms with E-state index < -0.39 is 82.1 Å². The van der Waals surface area contributed by atoms with Gasteiger partial charge >= 0.3 is 5.97 Å². The lowest BCUT2D eigenvalue weighted by Crippen LogP contribution is -2.75. The Morgan fingerprint density at radius 1 is 1.12 bits per heavy atom. The molecule has 6 fully saturated rings. The first-order valence-electron chi connectivity index (χ1n) is 14.8. The van der Waals surface area contributed by atoms with Gasteiger partial charge < -0.3 is 43.7 Å². The van der Waals surface area contributed by atoms with Crippen LogP contribution in [0.5, 0.6) is 0 Å². The summed E-state index contributed by atoms with van der Waals surface area (Å²) >= 11 is 0. The van der Waals surface area contributed by atoms with Crippen LogP contribution in [0.25, 0.3) is 0 Å². The van der Waals surface area contributed by atoms with E-state index in [1.165, 1.54) is 13.2 Å². The van der Waals surface area contributed by atoms with Crippen LogP contribution in [0.1, 0.15) is 52.9 Å². The molecule has 4 aliphatic heterocycles. The molecule has 0 aromatic rings. The quantitative estimate of drug-likeness (QED) is 0.242. The second-order valence-electron chi connectivity index (χ2n) is 13.9. The molecule has 0 radical (unpaired) electrons. The molecule has 4 heterocycles. The van der Waals surface area contributed by atoms with E-state index in [-0.39, 0.29) is 18.8 Å². The molecular formula is C30H38O11. The summed E-state index contributed by atoms with van der Waals surface area (Å²) in [4.78, 5) is 26.2. The molecule has 11 heteroatoms. The predicted molar refractivity (Wildman–Crippen MR) is 137 cm³/mol. The smallest absolute Gasteiger partial charge is 0.331 e. The van der Waals surface area contributed by atoms with Crippen LogP contribution in [-0.4, -0.2) is 101 Å². The Morgan fingerprint density at radius 2 is 1.90 bits per heavy atom. The number of fused-ring (bicyclic) bond motifs is 5. The van der Waals surface area contributed by atoms with Crippen molar-refractivity contribution >= 4 is 11.8 Å². The van der Waals surface area contributed by atoms with Gasteiger partial charge in [0, 0.05) is 25.5 Å². The summed E-state index contributed by atoms with van der Waals surface area (Å²) in [7, 11) is 1.52. The lowest BCUT2D eigenvalue weighted by Gasteiger charge is -2.62. The van der Waals surface area contributed by atoms with E-state index in [2.05, 4.69) is 0 Å². The molecular weight excluding hydrogens is 536 g/mol. The zero-order chi connectivity index (χ0) is 28.9. The molecule has 0 bridgehead atoms. The van der Waals surface area contributed by atoms with Crippen molar-refractivity contribution in [3.8, 4) is 0 Å². The van der Waals surface area contributed by atoms with E-state index in [1.807, 2.05) is 19.9 Å². The minimum atomic E-state index is -1.82. The van der Waals surface area contributed by atoms with Gasteiger partial charge in [0.25, 0.3) is 0 Å². The second-order valence-corrected chi connectivity index (χ2v) is 13.9. The average molecular weight is 575 g/mol. The van der Waals surface area contributed by atoms with Crippen LogP contribution in [0, 0.1) is 22.7 Å². The van der Waals surface area contributed by atoms with Crippen molar-refractivity contribution in [1.29, 1.82) is 0 Å². The molecule has 14 atom stereocenters. The van der Waals surface area contributed by atoms with Crippen LogP contribution in [0.4, 0.5) is 0 Å². The van der Waals surface area contributed by atoms with Crippen LogP contribution < -0.4 is 0 Å². The third kappa shape index (κ3) is 2.97. The lowest BCUT2D eigenvalue weighted by atomic mass is 9.43. The monoisotopic (exact) mass is 574 g/mol. The summed E-state index contributed by atoms with van der Waals surface area (Å²) in [6.07, 6.45) is 0.648. The van der Waals surface area contributed by atoms with E-state index in [0.717, 1.165) is 5.57 Å². The highest BCUT2D eigenvalue weighted by Gasteiger charge is 2.88. The number of hydrogen-bond donors (Lipinski definition) is 3. The van der Waals surface area contributed by atoms with E-state index in [0.29, 0.717) is 37.7 Å². The molecule has 11 nitrogen and oxygen atoms in total. The van der Waals surface area contributed by atoms with Crippen LogP contribution in [0.15, 0.2) is 23.3 Å². The van der Waals surface area contributed by atoms with Crippen molar-refractivity contribution in [1.82, 2.24) is 0 Å². The zero-order valence-electron chi connectivity index (χ0n) is 23.7. The average Bonchev–Trinajstić information content (AvgIpc) is 3.36. The molecule has 3 N–H and O–H groups in total. The van der Waals surface area contributed by atoms with E-state index in [9.17, 15) is 24.9 Å². The lowest BCUT2D eigenvalue weighted by molar-refractivity contribution is -0.450. The Balaban J connectivity index is 1.18. The van der Waals surface area contributed by atoms with Gasteiger partial charge in [-0.2, -0.15) is 0 Å². The number of ether oxygens (including phenoxy) is 6. The number of hydrogen-bond acceptors (Lipinski definition) is 11. The highest BCUT2D eigenvalue weighted by Crippen LogP contribution is 2.76. The molecule has 8 aliphatic rings. The Hall–Kier alpha value is -1.70. The van der Waals surface area contributed by atoms with Gasteiger partial charge in [-0.1, -0.05) is 18.6 Å². The first kappa shape index (κ1) is 26.9. The molecule has 8 rings (SSSR count). The van der Waals surface area contributed by atoms with Gasteiger partial charge in [-0.15, -0.1) is 0 Å². The number of rotatable bonds is 2. The molecule has 0 aromatic carbocycles. The highest BCUT2D eigenvalue weighted by atomic mass is 16.8.